The topological polar surface area (TPSA) is 32.3 Å². The van der Waals surface area contributed by atoms with Crippen molar-refractivity contribution in [3.63, 3.8) is 0 Å². The SMILES string of the molecule is CC(=O)NCCN1CCC(C)=C1C. The molecule has 0 aliphatic carbocycles. The van der Waals surface area contributed by atoms with Gasteiger partial charge in [-0.25, -0.2) is 0 Å². The van der Waals surface area contributed by atoms with E-state index < -0.39 is 0 Å². The maximum absolute atomic E-state index is 10.6. The van der Waals surface area contributed by atoms with Crippen LogP contribution < -0.4 is 5.32 Å². The normalized spacial score (nSPS) is 16.7. The Morgan fingerprint density at radius 1 is 1.54 bits per heavy atom. The molecule has 0 saturated heterocycles. The van der Waals surface area contributed by atoms with Gasteiger partial charge in [-0.3, -0.25) is 4.79 Å². The second-order valence-electron chi connectivity index (χ2n) is 3.59. The van der Waals surface area contributed by atoms with E-state index in [1.807, 2.05) is 0 Å². The predicted octanol–water partition coefficient (Wildman–Crippen LogP) is 1.12. The van der Waals surface area contributed by atoms with Crippen LogP contribution in [0, 0.1) is 0 Å². The first kappa shape index (κ1) is 10.1. The second-order valence-corrected chi connectivity index (χ2v) is 3.59. The zero-order chi connectivity index (χ0) is 9.84. The lowest BCUT2D eigenvalue weighted by Gasteiger charge is -2.19. The van der Waals surface area contributed by atoms with Crippen LogP contribution in [-0.2, 0) is 4.79 Å². The van der Waals surface area contributed by atoms with E-state index >= 15 is 0 Å². The quantitative estimate of drug-likeness (QED) is 0.709. The summed E-state index contributed by atoms with van der Waals surface area (Å²) in [7, 11) is 0. The minimum absolute atomic E-state index is 0.0533. The van der Waals surface area contributed by atoms with Crippen LogP contribution in [0.1, 0.15) is 27.2 Å². The fraction of sp³-hybridized carbons (Fsp3) is 0.700. The van der Waals surface area contributed by atoms with Crippen molar-refractivity contribution < 1.29 is 4.79 Å². The Balaban J connectivity index is 2.27. The molecule has 1 rings (SSSR count). The van der Waals surface area contributed by atoms with Crippen LogP contribution in [0.2, 0.25) is 0 Å². The van der Waals surface area contributed by atoms with E-state index in [1.54, 1.807) is 6.92 Å². The van der Waals surface area contributed by atoms with Crippen LogP contribution in [0.3, 0.4) is 0 Å². The number of carbonyl (C=O) groups is 1. The van der Waals surface area contributed by atoms with E-state index in [0.717, 1.165) is 19.6 Å². The Hall–Kier alpha value is -0.990. The number of nitrogens with zero attached hydrogens (tertiary/aromatic N) is 1. The number of amides is 1. The Kier molecular flexibility index (Phi) is 3.34. The van der Waals surface area contributed by atoms with Gasteiger partial charge >= 0.3 is 0 Å². The molecule has 1 heterocycles. The smallest absolute Gasteiger partial charge is 0.216 e. The molecule has 0 bridgehead atoms. The molecule has 0 atom stereocenters. The molecule has 13 heavy (non-hydrogen) atoms. The highest BCUT2D eigenvalue weighted by molar-refractivity contribution is 5.72. The Bertz CT molecular complexity index is 233. The van der Waals surface area contributed by atoms with Crippen molar-refractivity contribution in [1.82, 2.24) is 10.2 Å². The molecule has 3 nitrogen and oxygen atoms in total. The van der Waals surface area contributed by atoms with Gasteiger partial charge < -0.3 is 10.2 Å². The minimum Gasteiger partial charge on any atom is -0.373 e. The average Bonchev–Trinajstić information content (AvgIpc) is 2.35. The first-order chi connectivity index (χ1) is 6.11. The summed E-state index contributed by atoms with van der Waals surface area (Å²) in [5.74, 6) is 0.0533. The van der Waals surface area contributed by atoms with Crippen molar-refractivity contribution in [3.05, 3.63) is 11.3 Å². The third-order valence-corrected chi connectivity index (χ3v) is 2.60. The van der Waals surface area contributed by atoms with Crippen LogP contribution in [-0.4, -0.2) is 30.4 Å². The maximum atomic E-state index is 10.6. The van der Waals surface area contributed by atoms with Gasteiger partial charge in [-0.05, 0) is 20.3 Å². The number of rotatable bonds is 3. The summed E-state index contributed by atoms with van der Waals surface area (Å²) >= 11 is 0. The zero-order valence-electron chi connectivity index (χ0n) is 8.68. The second kappa shape index (κ2) is 4.30. The molecule has 1 aliphatic heterocycles. The summed E-state index contributed by atoms with van der Waals surface area (Å²) in [5, 5.41) is 2.80. The number of allylic oxidation sites excluding steroid dienone is 1. The van der Waals surface area contributed by atoms with E-state index in [1.165, 1.54) is 17.7 Å². The lowest BCUT2D eigenvalue weighted by molar-refractivity contribution is -0.118. The fourth-order valence-electron chi connectivity index (χ4n) is 1.57. The molecule has 1 amide bonds. The molecule has 74 valence electrons. The van der Waals surface area contributed by atoms with Gasteiger partial charge in [0.05, 0.1) is 0 Å². The van der Waals surface area contributed by atoms with Crippen LogP contribution >= 0.6 is 0 Å². The summed E-state index contributed by atoms with van der Waals surface area (Å²) < 4.78 is 0. The van der Waals surface area contributed by atoms with Crippen molar-refractivity contribution in [2.24, 2.45) is 0 Å². The maximum Gasteiger partial charge on any atom is 0.216 e. The van der Waals surface area contributed by atoms with Crippen molar-refractivity contribution in [1.29, 1.82) is 0 Å². The van der Waals surface area contributed by atoms with E-state index in [-0.39, 0.29) is 5.91 Å². The van der Waals surface area contributed by atoms with Gasteiger partial charge in [0.1, 0.15) is 0 Å². The molecule has 1 aliphatic rings. The standard InChI is InChI=1S/C10H18N2O/c1-8-4-6-12(9(8)2)7-5-11-10(3)13/h4-7H2,1-3H3,(H,11,13). The molecule has 3 heteroatoms. The molecular weight excluding hydrogens is 164 g/mol. The molecule has 0 saturated carbocycles. The van der Waals surface area contributed by atoms with E-state index in [9.17, 15) is 4.79 Å². The van der Waals surface area contributed by atoms with E-state index in [4.69, 9.17) is 0 Å². The van der Waals surface area contributed by atoms with Crippen molar-refractivity contribution in [2.75, 3.05) is 19.6 Å². The van der Waals surface area contributed by atoms with E-state index in [0.29, 0.717) is 0 Å². The highest BCUT2D eigenvalue weighted by atomic mass is 16.1. The van der Waals surface area contributed by atoms with Gasteiger partial charge in [0.25, 0.3) is 0 Å². The Labute approximate surface area is 79.8 Å². The molecule has 0 fully saturated rings. The summed E-state index contributed by atoms with van der Waals surface area (Å²) in [6, 6.07) is 0. The molecule has 0 aromatic heterocycles. The highest BCUT2D eigenvalue weighted by Crippen LogP contribution is 2.20. The first-order valence-corrected chi connectivity index (χ1v) is 4.77. The summed E-state index contributed by atoms with van der Waals surface area (Å²) in [4.78, 5) is 12.9. The van der Waals surface area contributed by atoms with Gasteiger partial charge in [-0.1, -0.05) is 5.57 Å². The molecule has 0 aromatic rings. The first-order valence-electron chi connectivity index (χ1n) is 4.77. The summed E-state index contributed by atoms with van der Waals surface area (Å²) in [5.41, 5.74) is 2.85. The third-order valence-electron chi connectivity index (χ3n) is 2.60. The Morgan fingerprint density at radius 2 is 2.23 bits per heavy atom. The summed E-state index contributed by atoms with van der Waals surface area (Å²) in [6.07, 6.45) is 1.17. The molecule has 0 unspecified atom stereocenters. The van der Waals surface area contributed by atoms with Gasteiger partial charge in [0, 0.05) is 32.3 Å². The lowest BCUT2D eigenvalue weighted by atomic mass is 10.2. The number of hydrogen-bond acceptors (Lipinski definition) is 2. The molecule has 0 aromatic carbocycles. The Morgan fingerprint density at radius 3 is 2.69 bits per heavy atom. The predicted molar refractivity (Wildman–Crippen MR) is 53.2 cm³/mol. The number of nitrogens with one attached hydrogen (secondary N) is 1. The van der Waals surface area contributed by atoms with Gasteiger partial charge in [-0.2, -0.15) is 0 Å². The van der Waals surface area contributed by atoms with Crippen molar-refractivity contribution in [2.45, 2.75) is 27.2 Å². The molecule has 0 spiro atoms. The zero-order valence-corrected chi connectivity index (χ0v) is 8.68. The highest BCUT2D eigenvalue weighted by Gasteiger charge is 2.14. The lowest BCUT2D eigenvalue weighted by Crippen LogP contribution is -2.31. The minimum atomic E-state index is 0.0533. The molecule has 0 radical (unpaired) electrons. The van der Waals surface area contributed by atoms with Gasteiger partial charge in [0.2, 0.25) is 5.91 Å². The van der Waals surface area contributed by atoms with Crippen LogP contribution in [0.4, 0.5) is 0 Å². The van der Waals surface area contributed by atoms with Gasteiger partial charge in [0.15, 0.2) is 0 Å². The average molecular weight is 182 g/mol. The largest absolute Gasteiger partial charge is 0.373 e. The van der Waals surface area contributed by atoms with E-state index in [2.05, 4.69) is 24.1 Å². The third kappa shape index (κ3) is 2.76. The fourth-order valence-corrected chi connectivity index (χ4v) is 1.57. The van der Waals surface area contributed by atoms with Gasteiger partial charge in [-0.15, -0.1) is 0 Å². The van der Waals surface area contributed by atoms with Crippen molar-refractivity contribution >= 4 is 5.91 Å². The van der Waals surface area contributed by atoms with Crippen LogP contribution in [0.15, 0.2) is 11.3 Å². The monoisotopic (exact) mass is 182 g/mol. The van der Waals surface area contributed by atoms with Crippen molar-refractivity contribution in [3.8, 4) is 0 Å². The van der Waals surface area contributed by atoms with Crippen LogP contribution in [0.5, 0.6) is 0 Å². The molecular formula is C10H18N2O. The molecule has 1 N–H and O–H groups in total. The number of carbonyl (C=O) groups excluding carboxylic acids is 1. The number of hydrogen-bond donors (Lipinski definition) is 1. The summed E-state index contributed by atoms with van der Waals surface area (Å²) in [6.45, 7) is 8.67. The van der Waals surface area contributed by atoms with Crippen LogP contribution in [0.25, 0.3) is 0 Å².